The minimum Gasteiger partial charge on any atom is -0.364 e. The maximum atomic E-state index is 14.6. The van der Waals surface area contributed by atoms with Gasteiger partial charge >= 0.3 is 0 Å². The lowest BCUT2D eigenvalue weighted by atomic mass is 10.0. The number of likely N-dealkylation sites (tertiary alicyclic amines) is 1. The molecule has 41 heavy (non-hydrogen) atoms. The summed E-state index contributed by atoms with van der Waals surface area (Å²) in [6.45, 7) is 0.834. The van der Waals surface area contributed by atoms with Crippen molar-refractivity contribution in [1.82, 2.24) is 40.0 Å². The summed E-state index contributed by atoms with van der Waals surface area (Å²) in [7, 11) is 1.84. The van der Waals surface area contributed by atoms with E-state index in [0.717, 1.165) is 29.9 Å². The van der Waals surface area contributed by atoms with E-state index < -0.39 is 24.0 Å². The molecule has 3 amide bonds. The average molecular weight is 561 g/mol. The highest BCUT2D eigenvalue weighted by Crippen LogP contribution is 2.27. The van der Waals surface area contributed by atoms with Crippen LogP contribution in [-0.2, 0) is 23.2 Å². The van der Waals surface area contributed by atoms with Crippen LogP contribution < -0.4 is 16.0 Å². The van der Waals surface area contributed by atoms with E-state index in [1.165, 1.54) is 9.58 Å². The van der Waals surface area contributed by atoms with Crippen molar-refractivity contribution in [2.75, 3.05) is 24.5 Å². The summed E-state index contributed by atoms with van der Waals surface area (Å²) in [4.78, 5) is 42.2. The molecule has 2 saturated heterocycles. The number of hydrogen-bond donors (Lipinski definition) is 2. The van der Waals surface area contributed by atoms with Crippen molar-refractivity contribution in [3.63, 3.8) is 0 Å². The summed E-state index contributed by atoms with van der Waals surface area (Å²) in [5.41, 5.74) is 7.67. The number of nitrogens with one attached hydrogen (secondary N) is 1. The number of halogens is 1. The van der Waals surface area contributed by atoms with Crippen molar-refractivity contribution in [1.29, 1.82) is 0 Å². The maximum Gasteiger partial charge on any atom is 0.269 e. The Hall–Kier alpha value is -4.88. The molecule has 3 N–H and O–H groups in total. The molecule has 0 bridgehead atoms. The number of aryl methyl sites for hydroxylation is 1. The van der Waals surface area contributed by atoms with Crippen molar-refractivity contribution in [2.45, 2.75) is 37.6 Å². The van der Waals surface area contributed by atoms with Gasteiger partial charge in [0.15, 0.2) is 11.5 Å². The molecule has 4 aromatic rings. The Balaban J connectivity index is 1.18. The van der Waals surface area contributed by atoms with E-state index in [0.29, 0.717) is 17.4 Å². The number of anilines is 1. The number of carbonyl (C=O) groups excluding carboxylic acids is 3. The minimum absolute atomic E-state index is 0.00874. The molecule has 1 aromatic carbocycles. The summed E-state index contributed by atoms with van der Waals surface area (Å²) in [5, 5.41) is 19.8. The lowest BCUT2D eigenvalue weighted by molar-refractivity contribution is -0.139. The normalized spacial score (nSPS) is 20.6. The molecule has 5 heterocycles. The maximum absolute atomic E-state index is 14.6. The van der Waals surface area contributed by atoms with Crippen LogP contribution in [-0.4, -0.2) is 90.3 Å². The van der Waals surface area contributed by atoms with Gasteiger partial charge in [-0.05, 0) is 30.2 Å². The van der Waals surface area contributed by atoms with Crippen LogP contribution >= 0.6 is 0 Å². The van der Waals surface area contributed by atoms with Crippen LogP contribution in [0.15, 0.2) is 48.9 Å². The van der Waals surface area contributed by atoms with Gasteiger partial charge in [0.05, 0.1) is 24.5 Å². The van der Waals surface area contributed by atoms with E-state index in [1.54, 1.807) is 35.3 Å². The highest BCUT2D eigenvalue weighted by Gasteiger charge is 2.41. The molecular weight excluding hydrogens is 531 g/mol. The van der Waals surface area contributed by atoms with Crippen molar-refractivity contribution < 1.29 is 18.8 Å². The van der Waals surface area contributed by atoms with Gasteiger partial charge in [-0.2, -0.15) is 20.4 Å². The van der Waals surface area contributed by atoms with Crippen LogP contribution in [0, 0.1) is 0 Å². The zero-order valence-electron chi connectivity index (χ0n) is 22.4. The number of alkyl halides is 1. The van der Waals surface area contributed by atoms with Crippen molar-refractivity contribution in [3.8, 4) is 11.1 Å². The number of aromatic nitrogens is 6. The van der Waals surface area contributed by atoms with E-state index in [-0.39, 0.29) is 37.2 Å². The molecular formula is C27H29FN10O3. The van der Waals surface area contributed by atoms with Gasteiger partial charge in [-0.15, -0.1) is 0 Å². The van der Waals surface area contributed by atoms with E-state index in [2.05, 4.69) is 30.6 Å². The molecule has 3 aromatic heterocycles. The third-order valence-electron chi connectivity index (χ3n) is 7.62. The molecule has 0 saturated carbocycles. The number of primary amides is 1. The minimum atomic E-state index is -1.32. The Kier molecular flexibility index (Phi) is 6.81. The lowest BCUT2D eigenvalue weighted by Crippen LogP contribution is -2.50. The topological polar surface area (TPSA) is 157 Å². The fourth-order valence-electron chi connectivity index (χ4n) is 5.61. The van der Waals surface area contributed by atoms with Gasteiger partial charge in [0.1, 0.15) is 18.8 Å². The molecule has 2 aliphatic heterocycles. The van der Waals surface area contributed by atoms with Crippen LogP contribution in [0.2, 0.25) is 0 Å². The van der Waals surface area contributed by atoms with Crippen molar-refractivity contribution >= 4 is 34.4 Å². The summed E-state index contributed by atoms with van der Waals surface area (Å²) in [5.74, 6) is -0.776. The van der Waals surface area contributed by atoms with E-state index in [4.69, 9.17) is 5.73 Å². The zero-order valence-corrected chi connectivity index (χ0v) is 22.4. The number of benzene rings is 1. The summed E-state index contributed by atoms with van der Waals surface area (Å²) < 4.78 is 17.7. The third-order valence-corrected chi connectivity index (χ3v) is 7.62. The molecule has 212 valence electrons. The van der Waals surface area contributed by atoms with Crippen LogP contribution in [0.1, 0.15) is 23.3 Å². The first-order valence-electron chi connectivity index (χ1n) is 13.3. The number of nitrogens with zero attached hydrogens (tertiary/aromatic N) is 8. The number of amides is 3. The summed E-state index contributed by atoms with van der Waals surface area (Å²) >= 11 is 0. The quantitative estimate of drug-likeness (QED) is 0.334. The molecule has 2 aliphatic rings. The Bertz CT molecular complexity index is 1620. The van der Waals surface area contributed by atoms with Gasteiger partial charge in [0.2, 0.25) is 11.8 Å². The van der Waals surface area contributed by atoms with Gasteiger partial charge in [0.25, 0.3) is 5.91 Å². The molecule has 0 aliphatic carbocycles. The Labute approximate surface area is 234 Å². The number of fused-ring (bicyclic) bond motifs is 1. The molecule has 6 rings (SSSR count). The number of hydrogen-bond acceptors (Lipinski definition) is 8. The summed E-state index contributed by atoms with van der Waals surface area (Å²) in [6.07, 6.45) is 4.32. The molecule has 1 unspecified atom stereocenters. The van der Waals surface area contributed by atoms with Gasteiger partial charge in [-0.1, -0.05) is 6.07 Å². The monoisotopic (exact) mass is 560 g/mol. The standard InChI is InChI=1S/C27H29FN10O3/c1-35-8-6-23(33-35)36-9-5-19(14-36)32-27(41)22-11-18(28)13-37(22)24(39)15-38-21-3-2-16(17-4-7-30-31-12-17)10-20(21)25(34-38)26(29)40/h2-4,6-8,10,12,18-19,22H,5,9,11,13-15H2,1H3,(H2,29,40)(H,32,41)/t18-,19?,22+/m1/s1. The number of carbonyl (C=O) groups is 3. The summed E-state index contributed by atoms with van der Waals surface area (Å²) in [6, 6.07) is 7.90. The van der Waals surface area contributed by atoms with Crippen LogP contribution in [0.3, 0.4) is 0 Å². The highest BCUT2D eigenvalue weighted by molar-refractivity contribution is 6.05. The van der Waals surface area contributed by atoms with Gasteiger partial charge in [-0.3, -0.25) is 23.7 Å². The first kappa shape index (κ1) is 26.3. The second-order valence-corrected chi connectivity index (χ2v) is 10.4. The van der Waals surface area contributed by atoms with Gasteiger partial charge in [0, 0.05) is 55.8 Å². The largest absolute Gasteiger partial charge is 0.364 e. The van der Waals surface area contributed by atoms with Crippen molar-refractivity contribution in [3.05, 3.63) is 54.6 Å². The van der Waals surface area contributed by atoms with E-state index in [9.17, 15) is 18.8 Å². The molecule has 13 nitrogen and oxygen atoms in total. The second kappa shape index (κ2) is 10.6. The SMILES string of the molecule is Cn1ccc(N2CCC(NC(=O)[C@@H]3C[C@@H](F)CN3C(=O)Cn3nc(C(N)=O)c4cc(-c5ccnnc5)ccc43)C2)n1. The molecule has 3 atom stereocenters. The first-order valence-corrected chi connectivity index (χ1v) is 13.3. The number of nitrogens with two attached hydrogens (primary N) is 1. The average Bonchev–Trinajstić information content (AvgIpc) is 3.75. The molecule has 0 radical (unpaired) electrons. The lowest BCUT2D eigenvalue weighted by Gasteiger charge is -2.25. The van der Waals surface area contributed by atoms with Gasteiger partial charge in [-0.25, -0.2) is 4.39 Å². The van der Waals surface area contributed by atoms with Crippen LogP contribution in [0.25, 0.3) is 22.0 Å². The van der Waals surface area contributed by atoms with Crippen molar-refractivity contribution in [2.24, 2.45) is 12.8 Å². The van der Waals surface area contributed by atoms with Crippen LogP contribution in [0.5, 0.6) is 0 Å². The Morgan fingerprint density at radius 3 is 2.68 bits per heavy atom. The fraction of sp³-hybridized carbons (Fsp3) is 0.370. The van der Waals surface area contributed by atoms with Crippen LogP contribution in [0.4, 0.5) is 10.2 Å². The van der Waals surface area contributed by atoms with Gasteiger partial charge < -0.3 is 20.9 Å². The molecule has 14 heteroatoms. The molecule has 0 spiro atoms. The smallest absolute Gasteiger partial charge is 0.269 e. The highest BCUT2D eigenvalue weighted by atomic mass is 19.1. The zero-order chi connectivity index (χ0) is 28.7. The van der Waals surface area contributed by atoms with E-state index in [1.807, 2.05) is 25.4 Å². The molecule has 2 fully saturated rings. The number of rotatable bonds is 7. The predicted molar refractivity (Wildman–Crippen MR) is 146 cm³/mol. The Morgan fingerprint density at radius 1 is 1.10 bits per heavy atom. The van der Waals surface area contributed by atoms with E-state index >= 15 is 0 Å². The first-order chi connectivity index (χ1) is 19.8. The second-order valence-electron chi connectivity index (χ2n) is 10.4. The Morgan fingerprint density at radius 2 is 1.95 bits per heavy atom. The third kappa shape index (κ3) is 5.19. The fourth-order valence-corrected chi connectivity index (χ4v) is 5.61. The predicted octanol–water partition coefficient (Wildman–Crippen LogP) is 0.660.